The Morgan fingerprint density at radius 3 is 2.47 bits per heavy atom. The summed E-state index contributed by atoms with van der Waals surface area (Å²) in [5.74, 6) is 0. The van der Waals surface area contributed by atoms with Crippen LogP contribution in [0.5, 0.6) is 0 Å². The second-order valence-electron chi connectivity index (χ2n) is 4.27. The highest BCUT2D eigenvalue weighted by Gasteiger charge is 2.01. The first-order valence-corrected chi connectivity index (χ1v) is 6.14. The maximum Gasteiger partial charge on any atom is 0.0721 e. The first-order chi connectivity index (χ1) is 8.24. The summed E-state index contributed by atoms with van der Waals surface area (Å²) in [5, 5.41) is 3.16. The summed E-state index contributed by atoms with van der Waals surface area (Å²) in [6, 6.07) is 8.33. The molecule has 0 fully saturated rings. The highest BCUT2D eigenvalue weighted by Crippen LogP contribution is 2.09. The number of benzene rings is 1. The van der Waals surface area contributed by atoms with Crippen LogP contribution in [0.1, 0.15) is 25.0 Å². The Bertz CT molecular complexity index is 313. The van der Waals surface area contributed by atoms with Gasteiger partial charge in [-0.25, -0.2) is 0 Å². The van der Waals surface area contributed by atoms with Crippen molar-refractivity contribution in [3.63, 3.8) is 0 Å². The molecule has 0 aliphatic heterocycles. The zero-order valence-corrected chi connectivity index (χ0v) is 11.0. The summed E-state index contributed by atoms with van der Waals surface area (Å²) in [6.07, 6.45) is 0.273. The quantitative estimate of drug-likeness (QED) is 0.704. The van der Waals surface area contributed by atoms with Gasteiger partial charge in [-0.3, -0.25) is 0 Å². The lowest BCUT2D eigenvalue weighted by atomic mass is 10.1. The molecular formula is C14H23NO2. The van der Waals surface area contributed by atoms with E-state index in [4.69, 9.17) is 9.47 Å². The van der Waals surface area contributed by atoms with Crippen LogP contribution in [0.25, 0.3) is 0 Å². The van der Waals surface area contributed by atoms with Crippen molar-refractivity contribution in [2.24, 2.45) is 0 Å². The molecule has 1 rings (SSSR count). The van der Waals surface area contributed by atoms with Gasteiger partial charge in [-0.05, 0) is 32.0 Å². The van der Waals surface area contributed by atoms with E-state index < -0.39 is 0 Å². The zero-order chi connectivity index (χ0) is 12.5. The molecule has 1 N–H and O–H groups in total. The van der Waals surface area contributed by atoms with Crippen molar-refractivity contribution in [1.29, 1.82) is 0 Å². The molecule has 0 aliphatic carbocycles. The van der Waals surface area contributed by atoms with Crippen molar-refractivity contribution in [1.82, 2.24) is 5.32 Å². The SMILES string of the molecule is CNCc1ccccc1COCCOC(C)C. The van der Waals surface area contributed by atoms with Crippen LogP contribution in [0.15, 0.2) is 24.3 Å². The van der Waals surface area contributed by atoms with Gasteiger partial charge in [0.1, 0.15) is 0 Å². The van der Waals surface area contributed by atoms with Crippen LogP contribution >= 0.6 is 0 Å². The average Bonchev–Trinajstić information content (AvgIpc) is 2.31. The fourth-order valence-electron chi connectivity index (χ4n) is 1.59. The molecule has 1 aromatic carbocycles. The van der Waals surface area contributed by atoms with Crippen molar-refractivity contribution in [2.75, 3.05) is 20.3 Å². The molecular weight excluding hydrogens is 214 g/mol. The molecule has 1 aromatic rings. The molecule has 17 heavy (non-hydrogen) atoms. The van der Waals surface area contributed by atoms with Gasteiger partial charge in [0, 0.05) is 6.54 Å². The molecule has 96 valence electrons. The number of ether oxygens (including phenoxy) is 2. The van der Waals surface area contributed by atoms with Gasteiger partial charge in [0.15, 0.2) is 0 Å². The van der Waals surface area contributed by atoms with Gasteiger partial charge in [-0.1, -0.05) is 24.3 Å². The molecule has 0 saturated carbocycles. The highest BCUT2D eigenvalue weighted by molar-refractivity contribution is 5.26. The normalized spacial score (nSPS) is 11.1. The molecule has 0 atom stereocenters. The minimum absolute atomic E-state index is 0.273. The summed E-state index contributed by atoms with van der Waals surface area (Å²) in [7, 11) is 1.95. The molecule has 0 spiro atoms. The number of hydrogen-bond donors (Lipinski definition) is 1. The number of nitrogens with one attached hydrogen (secondary N) is 1. The third kappa shape index (κ3) is 5.82. The second kappa shape index (κ2) is 8.23. The molecule has 0 radical (unpaired) electrons. The lowest BCUT2D eigenvalue weighted by Gasteiger charge is -2.11. The van der Waals surface area contributed by atoms with Crippen LogP contribution in [0.2, 0.25) is 0 Å². The largest absolute Gasteiger partial charge is 0.376 e. The van der Waals surface area contributed by atoms with E-state index in [0.717, 1.165) is 6.54 Å². The van der Waals surface area contributed by atoms with Crippen molar-refractivity contribution in [2.45, 2.75) is 33.1 Å². The Hall–Kier alpha value is -0.900. The van der Waals surface area contributed by atoms with E-state index in [0.29, 0.717) is 19.8 Å². The van der Waals surface area contributed by atoms with Crippen LogP contribution in [0, 0.1) is 0 Å². The van der Waals surface area contributed by atoms with Crippen LogP contribution < -0.4 is 5.32 Å². The molecule has 0 amide bonds. The Balaban J connectivity index is 2.30. The van der Waals surface area contributed by atoms with Gasteiger partial charge >= 0.3 is 0 Å². The zero-order valence-electron chi connectivity index (χ0n) is 11.0. The van der Waals surface area contributed by atoms with Crippen molar-refractivity contribution in [3.05, 3.63) is 35.4 Å². The summed E-state index contributed by atoms with van der Waals surface area (Å²) in [4.78, 5) is 0. The minimum atomic E-state index is 0.273. The predicted octanol–water partition coefficient (Wildman–Crippen LogP) is 2.35. The number of rotatable bonds is 8. The van der Waals surface area contributed by atoms with E-state index in [1.807, 2.05) is 27.0 Å². The Morgan fingerprint density at radius 1 is 1.12 bits per heavy atom. The van der Waals surface area contributed by atoms with E-state index in [2.05, 4.69) is 23.5 Å². The third-order valence-electron chi connectivity index (χ3n) is 2.42. The molecule has 3 heteroatoms. The standard InChI is InChI=1S/C14H23NO2/c1-12(2)17-9-8-16-11-14-7-5-4-6-13(14)10-15-3/h4-7,12,15H,8-11H2,1-3H3. The van der Waals surface area contributed by atoms with Gasteiger partial charge < -0.3 is 14.8 Å². The van der Waals surface area contributed by atoms with Crippen molar-refractivity contribution >= 4 is 0 Å². The highest BCUT2D eigenvalue weighted by atomic mass is 16.5. The lowest BCUT2D eigenvalue weighted by molar-refractivity contribution is 0.0141. The average molecular weight is 237 g/mol. The second-order valence-corrected chi connectivity index (χ2v) is 4.27. The van der Waals surface area contributed by atoms with Crippen molar-refractivity contribution < 1.29 is 9.47 Å². The maximum atomic E-state index is 5.60. The van der Waals surface area contributed by atoms with Gasteiger partial charge in [-0.2, -0.15) is 0 Å². The number of hydrogen-bond acceptors (Lipinski definition) is 3. The molecule has 0 aromatic heterocycles. The van der Waals surface area contributed by atoms with E-state index in [9.17, 15) is 0 Å². The summed E-state index contributed by atoms with van der Waals surface area (Å²) >= 11 is 0. The Morgan fingerprint density at radius 2 is 1.82 bits per heavy atom. The van der Waals surface area contributed by atoms with Crippen LogP contribution in [-0.4, -0.2) is 26.4 Å². The van der Waals surface area contributed by atoms with E-state index >= 15 is 0 Å². The Kier molecular flexibility index (Phi) is 6.86. The van der Waals surface area contributed by atoms with Crippen molar-refractivity contribution in [3.8, 4) is 0 Å². The molecule has 0 unspecified atom stereocenters. The van der Waals surface area contributed by atoms with Gasteiger partial charge in [0.25, 0.3) is 0 Å². The fourth-order valence-corrected chi connectivity index (χ4v) is 1.59. The lowest BCUT2D eigenvalue weighted by Crippen LogP contribution is -2.11. The maximum absolute atomic E-state index is 5.60. The van der Waals surface area contributed by atoms with E-state index in [1.54, 1.807) is 0 Å². The van der Waals surface area contributed by atoms with Gasteiger partial charge in [0.2, 0.25) is 0 Å². The minimum Gasteiger partial charge on any atom is -0.376 e. The third-order valence-corrected chi connectivity index (χ3v) is 2.42. The molecule has 0 aliphatic rings. The molecule has 0 bridgehead atoms. The summed E-state index contributed by atoms with van der Waals surface area (Å²) in [6.45, 7) is 6.89. The first-order valence-electron chi connectivity index (χ1n) is 6.14. The molecule has 0 saturated heterocycles. The van der Waals surface area contributed by atoms with Gasteiger partial charge in [-0.15, -0.1) is 0 Å². The first kappa shape index (κ1) is 14.2. The predicted molar refractivity (Wildman–Crippen MR) is 69.9 cm³/mol. The van der Waals surface area contributed by atoms with E-state index in [-0.39, 0.29) is 6.10 Å². The van der Waals surface area contributed by atoms with Crippen LogP contribution in [-0.2, 0) is 22.6 Å². The fraction of sp³-hybridized carbons (Fsp3) is 0.571. The van der Waals surface area contributed by atoms with Crippen LogP contribution in [0.4, 0.5) is 0 Å². The molecule has 0 heterocycles. The van der Waals surface area contributed by atoms with Gasteiger partial charge in [0.05, 0.1) is 25.9 Å². The molecule has 3 nitrogen and oxygen atoms in total. The van der Waals surface area contributed by atoms with Crippen LogP contribution in [0.3, 0.4) is 0 Å². The van der Waals surface area contributed by atoms with E-state index in [1.165, 1.54) is 11.1 Å². The Labute approximate surface area is 104 Å². The topological polar surface area (TPSA) is 30.5 Å². The summed E-state index contributed by atoms with van der Waals surface area (Å²) < 4.78 is 11.0. The monoisotopic (exact) mass is 237 g/mol. The smallest absolute Gasteiger partial charge is 0.0721 e. The summed E-state index contributed by atoms with van der Waals surface area (Å²) in [5.41, 5.74) is 2.53.